The Morgan fingerprint density at radius 3 is 2.41 bits per heavy atom. The SMILES string of the molecule is Cc1ccc(SC2(C(=O)O)CCCC2)cc1C. The maximum atomic E-state index is 11.5. The topological polar surface area (TPSA) is 37.3 Å². The lowest BCUT2D eigenvalue weighted by atomic mass is 10.1. The van der Waals surface area contributed by atoms with Gasteiger partial charge in [-0.25, -0.2) is 0 Å². The minimum atomic E-state index is -0.654. The van der Waals surface area contributed by atoms with Gasteiger partial charge in [0.05, 0.1) is 0 Å². The first-order chi connectivity index (χ1) is 8.03. The summed E-state index contributed by atoms with van der Waals surface area (Å²) >= 11 is 1.53. The highest BCUT2D eigenvalue weighted by molar-refractivity contribution is 8.01. The summed E-state index contributed by atoms with van der Waals surface area (Å²) in [5, 5.41) is 9.43. The Morgan fingerprint density at radius 1 is 1.24 bits per heavy atom. The number of carbonyl (C=O) groups is 1. The quantitative estimate of drug-likeness (QED) is 0.886. The molecule has 1 fully saturated rings. The van der Waals surface area contributed by atoms with Crippen molar-refractivity contribution in [2.24, 2.45) is 0 Å². The van der Waals surface area contributed by atoms with E-state index >= 15 is 0 Å². The van der Waals surface area contributed by atoms with Crippen molar-refractivity contribution in [3.63, 3.8) is 0 Å². The Kier molecular flexibility index (Phi) is 3.48. The Labute approximate surface area is 106 Å². The lowest BCUT2D eigenvalue weighted by Crippen LogP contribution is -2.31. The van der Waals surface area contributed by atoms with E-state index in [0.717, 1.165) is 30.6 Å². The second-order valence-electron chi connectivity index (χ2n) is 4.85. The van der Waals surface area contributed by atoms with Crippen LogP contribution >= 0.6 is 11.8 Å². The molecule has 2 nitrogen and oxygen atoms in total. The molecule has 0 radical (unpaired) electrons. The number of benzene rings is 1. The van der Waals surface area contributed by atoms with E-state index in [2.05, 4.69) is 26.0 Å². The molecule has 92 valence electrons. The summed E-state index contributed by atoms with van der Waals surface area (Å²) < 4.78 is -0.582. The molecule has 1 N–H and O–H groups in total. The third-order valence-electron chi connectivity index (χ3n) is 3.59. The molecule has 1 aliphatic carbocycles. The minimum Gasteiger partial charge on any atom is -0.480 e. The molecule has 0 unspecified atom stereocenters. The number of hydrogen-bond donors (Lipinski definition) is 1. The second-order valence-corrected chi connectivity index (χ2v) is 6.31. The van der Waals surface area contributed by atoms with Crippen molar-refractivity contribution in [3.05, 3.63) is 29.3 Å². The number of rotatable bonds is 3. The van der Waals surface area contributed by atoms with E-state index in [1.165, 1.54) is 22.9 Å². The van der Waals surface area contributed by atoms with Crippen molar-refractivity contribution < 1.29 is 9.90 Å². The van der Waals surface area contributed by atoms with Gasteiger partial charge in [-0.05, 0) is 49.9 Å². The zero-order valence-electron chi connectivity index (χ0n) is 10.3. The molecule has 1 aliphatic rings. The first kappa shape index (κ1) is 12.5. The van der Waals surface area contributed by atoms with Gasteiger partial charge in [0.2, 0.25) is 0 Å². The highest BCUT2D eigenvalue weighted by Gasteiger charge is 2.42. The maximum Gasteiger partial charge on any atom is 0.320 e. The average molecular weight is 250 g/mol. The Bertz CT molecular complexity index is 434. The normalized spacial score (nSPS) is 18.2. The summed E-state index contributed by atoms with van der Waals surface area (Å²) in [6, 6.07) is 6.21. The monoisotopic (exact) mass is 250 g/mol. The fraction of sp³-hybridized carbons (Fsp3) is 0.500. The Morgan fingerprint density at radius 2 is 1.88 bits per heavy atom. The van der Waals surface area contributed by atoms with Gasteiger partial charge in [-0.15, -0.1) is 11.8 Å². The van der Waals surface area contributed by atoms with Crippen LogP contribution in [0.25, 0.3) is 0 Å². The van der Waals surface area contributed by atoms with E-state index in [4.69, 9.17) is 0 Å². The molecule has 0 heterocycles. The zero-order chi connectivity index (χ0) is 12.5. The number of aliphatic carboxylic acids is 1. The van der Waals surface area contributed by atoms with Gasteiger partial charge in [-0.3, -0.25) is 4.79 Å². The number of carboxylic acids is 1. The van der Waals surface area contributed by atoms with E-state index in [0.29, 0.717) is 0 Å². The highest BCUT2D eigenvalue weighted by Crippen LogP contribution is 2.45. The van der Waals surface area contributed by atoms with E-state index in [-0.39, 0.29) is 0 Å². The fourth-order valence-corrected chi connectivity index (χ4v) is 3.71. The van der Waals surface area contributed by atoms with Crippen molar-refractivity contribution in [3.8, 4) is 0 Å². The van der Waals surface area contributed by atoms with Crippen LogP contribution < -0.4 is 0 Å². The van der Waals surface area contributed by atoms with Crippen LogP contribution in [0.4, 0.5) is 0 Å². The molecule has 3 heteroatoms. The molecule has 0 atom stereocenters. The Balaban J connectivity index is 2.23. The summed E-state index contributed by atoms with van der Waals surface area (Å²) in [6.45, 7) is 4.15. The van der Waals surface area contributed by atoms with Crippen LogP contribution in [0.5, 0.6) is 0 Å². The van der Waals surface area contributed by atoms with Crippen molar-refractivity contribution >= 4 is 17.7 Å². The van der Waals surface area contributed by atoms with Gasteiger partial charge < -0.3 is 5.11 Å². The van der Waals surface area contributed by atoms with Crippen LogP contribution in [-0.4, -0.2) is 15.8 Å². The molecule has 0 amide bonds. The summed E-state index contributed by atoms with van der Waals surface area (Å²) in [5.41, 5.74) is 2.48. The number of aryl methyl sites for hydroxylation is 2. The largest absolute Gasteiger partial charge is 0.480 e. The first-order valence-electron chi connectivity index (χ1n) is 6.03. The average Bonchev–Trinajstić information content (AvgIpc) is 2.73. The van der Waals surface area contributed by atoms with E-state index in [1.807, 2.05) is 6.07 Å². The van der Waals surface area contributed by atoms with Crippen LogP contribution in [0, 0.1) is 13.8 Å². The summed E-state index contributed by atoms with van der Waals surface area (Å²) in [6.07, 6.45) is 3.65. The minimum absolute atomic E-state index is 0.582. The smallest absolute Gasteiger partial charge is 0.320 e. The molecule has 0 spiro atoms. The van der Waals surface area contributed by atoms with Gasteiger partial charge in [0.15, 0.2) is 0 Å². The molecule has 0 bridgehead atoms. The fourth-order valence-electron chi connectivity index (χ4n) is 2.31. The third-order valence-corrected chi connectivity index (χ3v) is 5.06. The molecule has 1 aromatic rings. The maximum absolute atomic E-state index is 11.5. The van der Waals surface area contributed by atoms with E-state index in [9.17, 15) is 9.90 Å². The molecular weight excluding hydrogens is 232 g/mol. The van der Waals surface area contributed by atoms with E-state index < -0.39 is 10.7 Å². The molecule has 0 aliphatic heterocycles. The Hall–Kier alpha value is -0.960. The van der Waals surface area contributed by atoms with Crippen LogP contribution in [0.15, 0.2) is 23.1 Å². The van der Waals surface area contributed by atoms with Crippen molar-refractivity contribution in [1.82, 2.24) is 0 Å². The predicted molar refractivity (Wildman–Crippen MR) is 70.6 cm³/mol. The molecule has 1 saturated carbocycles. The summed E-state index contributed by atoms with van der Waals surface area (Å²) in [5.74, 6) is -0.654. The van der Waals surface area contributed by atoms with Gasteiger partial charge in [0, 0.05) is 4.90 Å². The predicted octanol–water partition coefficient (Wildman–Crippen LogP) is 3.79. The van der Waals surface area contributed by atoms with Gasteiger partial charge in [0.1, 0.15) is 4.75 Å². The van der Waals surface area contributed by atoms with Crippen LogP contribution in [-0.2, 0) is 4.79 Å². The lowest BCUT2D eigenvalue weighted by molar-refractivity contribution is -0.139. The molecule has 17 heavy (non-hydrogen) atoms. The molecule has 1 aromatic carbocycles. The zero-order valence-corrected chi connectivity index (χ0v) is 11.1. The molecule has 0 saturated heterocycles. The van der Waals surface area contributed by atoms with Gasteiger partial charge in [-0.2, -0.15) is 0 Å². The summed E-state index contributed by atoms with van der Waals surface area (Å²) in [4.78, 5) is 12.5. The van der Waals surface area contributed by atoms with Gasteiger partial charge in [-0.1, -0.05) is 18.9 Å². The number of carboxylic acid groups (broad SMARTS) is 1. The number of thioether (sulfide) groups is 1. The van der Waals surface area contributed by atoms with Crippen LogP contribution in [0.1, 0.15) is 36.8 Å². The summed E-state index contributed by atoms with van der Waals surface area (Å²) in [7, 11) is 0. The first-order valence-corrected chi connectivity index (χ1v) is 6.85. The standard InChI is InChI=1S/C14H18O2S/c1-10-5-6-12(9-11(10)2)17-14(13(15)16)7-3-4-8-14/h5-6,9H,3-4,7-8H2,1-2H3,(H,15,16). The molecule has 2 rings (SSSR count). The van der Waals surface area contributed by atoms with E-state index in [1.54, 1.807) is 0 Å². The number of hydrogen-bond acceptors (Lipinski definition) is 2. The molecular formula is C14H18O2S. The van der Waals surface area contributed by atoms with Gasteiger partial charge in [0.25, 0.3) is 0 Å². The second kappa shape index (κ2) is 4.73. The third kappa shape index (κ3) is 2.49. The van der Waals surface area contributed by atoms with Crippen molar-refractivity contribution in [2.45, 2.75) is 49.2 Å². The van der Waals surface area contributed by atoms with Gasteiger partial charge >= 0.3 is 5.97 Å². The van der Waals surface area contributed by atoms with Crippen LogP contribution in [0.2, 0.25) is 0 Å². The van der Waals surface area contributed by atoms with Crippen LogP contribution in [0.3, 0.4) is 0 Å². The highest BCUT2D eigenvalue weighted by atomic mass is 32.2. The molecule has 0 aromatic heterocycles. The lowest BCUT2D eigenvalue weighted by Gasteiger charge is -2.23. The van der Waals surface area contributed by atoms with Crippen molar-refractivity contribution in [1.29, 1.82) is 0 Å². The van der Waals surface area contributed by atoms with Crippen molar-refractivity contribution in [2.75, 3.05) is 0 Å².